The lowest BCUT2D eigenvalue weighted by atomic mass is 9.38. The lowest BCUT2D eigenvalue weighted by molar-refractivity contribution is -0.157. The number of hydrogen-bond donors (Lipinski definition) is 0. The molecular weight excluding hydrogens is 350 g/mol. The summed E-state index contributed by atoms with van der Waals surface area (Å²) in [4.78, 5) is 3.06. The Balaban J connectivity index is 1.43. The van der Waals surface area contributed by atoms with Gasteiger partial charge in [0.05, 0.1) is 5.54 Å². The summed E-state index contributed by atoms with van der Waals surface area (Å²) >= 11 is 0. The lowest BCUT2D eigenvalue weighted by Crippen LogP contribution is -2.68. The van der Waals surface area contributed by atoms with E-state index in [0.717, 1.165) is 17.8 Å². The first kappa shape index (κ1) is 16.8. The first-order valence-corrected chi connectivity index (χ1v) is 12.9. The van der Waals surface area contributed by atoms with Crippen molar-refractivity contribution in [1.82, 2.24) is 4.90 Å². The molecule has 3 spiro atoms. The highest BCUT2D eigenvalue weighted by atomic mass is 15.4. The molecule has 0 aromatic heterocycles. The zero-order valence-corrected chi connectivity index (χ0v) is 18.5. The molecule has 1 saturated heterocycles. The van der Waals surface area contributed by atoms with Crippen molar-refractivity contribution in [3.05, 3.63) is 35.5 Å². The molecule has 29 heavy (non-hydrogen) atoms. The summed E-state index contributed by atoms with van der Waals surface area (Å²) < 4.78 is 0. The monoisotopic (exact) mass is 387 g/mol. The third-order valence-corrected chi connectivity index (χ3v) is 12.8. The summed E-state index contributed by atoms with van der Waals surface area (Å²) in [5.74, 6) is 2.64. The molecule has 0 N–H and O–H groups in total. The maximum Gasteiger partial charge on any atom is 0.0647 e. The van der Waals surface area contributed by atoms with E-state index in [1.165, 1.54) is 77.2 Å². The average molecular weight is 388 g/mol. The second-order valence-electron chi connectivity index (χ2n) is 12.7. The number of fused-ring (bicyclic) bond motifs is 1. The quantitative estimate of drug-likeness (QED) is 0.342. The van der Waals surface area contributed by atoms with Crippen LogP contribution < -0.4 is 0 Å². The normalized spacial score (nSPS) is 62.8. The summed E-state index contributed by atoms with van der Waals surface area (Å²) in [6.45, 7) is 6.73. The Bertz CT molecular complexity index is 925. The molecule has 0 radical (unpaired) electrons. The van der Waals surface area contributed by atoms with E-state index >= 15 is 0 Å². The second kappa shape index (κ2) is 4.67. The highest BCUT2D eigenvalue weighted by Gasteiger charge is 2.83. The predicted octanol–water partition coefficient (Wildman–Crippen LogP) is 6.42. The van der Waals surface area contributed by atoms with Crippen LogP contribution in [0.1, 0.15) is 84.5 Å². The fourth-order valence-electron chi connectivity index (χ4n) is 11.7. The van der Waals surface area contributed by atoms with E-state index in [1.807, 2.05) is 11.1 Å². The maximum absolute atomic E-state index is 3.06. The first-order valence-electron chi connectivity index (χ1n) is 12.9. The van der Waals surface area contributed by atoms with Gasteiger partial charge in [0.2, 0.25) is 0 Å². The minimum absolute atomic E-state index is 0.221. The molecule has 1 nitrogen and oxygen atoms in total. The van der Waals surface area contributed by atoms with Crippen molar-refractivity contribution in [2.24, 2.45) is 34.0 Å². The van der Waals surface area contributed by atoms with Gasteiger partial charge in [-0.15, -0.1) is 0 Å². The molecule has 5 fully saturated rings. The van der Waals surface area contributed by atoms with Crippen LogP contribution in [0.25, 0.3) is 0 Å². The van der Waals surface area contributed by atoms with Crippen molar-refractivity contribution < 1.29 is 0 Å². The van der Waals surface area contributed by atoms with Gasteiger partial charge in [-0.2, -0.15) is 0 Å². The van der Waals surface area contributed by atoms with Gasteiger partial charge < -0.3 is 0 Å². The van der Waals surface area contributed by atoms with E-state index in [9.17, 15) is 0 Å². The summed E-state index contributed by atoms with van der Waals surface area (Å²) in [6.07, 6.45) is 27.1. The van der Waals surface area contributed by atoms with Gasteiger partial charge in [-0.05, 0) is 87.9 Å². The van der Waals surface area contributed by atoms with Gasteiger partial charge in [0.1, 0.15) is 0 Å². The van der Waals surface area contributed by atoms with Gasteiger partial charge in [0, 0.05) is 22.9 Å². The van der Waals surface area contributed by atoms with Gasteiger partial charge in [0.15, 0.2) is 0 Å². The largest absolute Gasteiger partial charge is 0.281 e. The standard InChI is InChI=1S/C28H37N/c1-19-8-16-28-22-6-3-5-20-10-14-27(15-11-21-7-4-12-25(21)18-29(25)27)26(13-9-22,17-23(19)28)24(20,28)2/h10-11,14-15,20-22H,3-9,12-13,16-18H2,1-2H3/t20-,21-,22+,24-,25+,26+,27+,28+,29?/m0/s1. The molecule has 6 aliphatic carbocycles. The summed E-state index contributed by atoms with van der Waals surface area (Å²) in [5.41, 5.74) is 6.02. The first-order chi connectivity index (χ1) is 14.0. The van der Waals surface area contributed by atoms with E-state index in [-0.39, 0.29) is 5.54 Å². The minimum Gasteiger partial charge on any atom is -0.281 e. The molecule has 0 amide bonds. The lowest BCUT2D eigenvalue weighted by Gasteiger charge is -2.68. The molecule has 4 saturated carbocycles. The van der Waals surface area contributed by atoms with Gasteiger partial charge in [-0.1, -0.05) is 55.2 Å². The molecule has 0 aromatic rings. The Morgan fingerprint density at radius 1 is 0.931 bits per heavy atom. The Hall–Kier alpha value is -0.820. The Labute approximate surface area is 176 Å². The highest BCUT2D eigenvalue weighted by molar-refractivity contribution is 5.53. The zero-order valence-electron chi connectivity index (χ0n) is 18.5. The van der Waals surface area contributed by atoms with Crippen molar-refractivity contribution in [3.8, 4) is 0 Å². The van der Waals surface area contributed by atoms with Crippen molar-refractivity contribution >= 4 is 0 Å². The zero-order chi connectivity index (χ0) is 19.3. The summed E-state index contributed by atoms with van der Waals surface area (Å²) in [6, 6.07) is 0. The summed E-state index contributed by atoms with van der Waals surface area (Å²) in [5, 5.41) is 0. The highest BCUT2D eigenvalue weighted by Crippen LogP contribution is 2.86. The number of hydrogen-bond acceptors (Lipinski definition) is 1. The van der Waals surface area contributed by atoms with Crippen LogP contribution in [-0.4, -0.2) is 22.5 Å². The van der Waals surface area contributed by atoms with Gasteiger partial charge in [-0.3, -0.25) is 4.90 Å². The van der Waals surface area contributed by atoms with E-state index < -0.39 is 0 Å². The van der Waals surface area contributed by atoms with Crippen molar-refractivity contribution in [3.63, 3.8) is 0 Å². The topological polar surface area (TPSA) is 3.01 Å². The molecule has 9 atom stereocenters. The van der Waals surface area contributed by atoms with Crippen LogP contribution in [0.4, 0.5) is 0 Å². The number of allylic oxidation sites excluding steroid dienone is 3. The second-order valence-corrected chi connectivity index (χ2v) is 12.7. The maximum atomic E-state index is 3.06. The fourth-order valence-corrected chi connectivity index (χ4v) is 11.7. The smallest absolute Gasteiger partial charge is 0.0647 e. The molecule has 4 bridgehead atoms. The molecule has 2 heterocycles. The number of nitrogens with zero attached hydrogens (tertiary/aromatic N) is 1. The van der Waals surface area contributed by atoms with Crippen molar-refractivity contribution in [1.29, 1.82) is 0 Å². The average Bonchev–Trinajstić information content (AvgIpc) is 3.17. The van der Waals surface area contributed by atoms with E-state index in [0.29, 0.717) is 21.8 Å². The van der Waals surface area contributed by atoms with Crippen LogP contribution in [0.3, 0.4) is 0 Å². The molecule has 8 rings (SSSR count). The third-order valence-electron chi connectivity index (χ3n) is 12.8. The number of rotatable bonds is 0. The van der Waals surface area contributed by atoms with Crippen molar-refractivity contribution in [2.45, 2.75) is 95.6 Å². The van der Waals surface area contributed by atoms with Crippen molar-refractivity contribution in [2.75, 3.05) is 6.54 Å². The predicted molar refractivity (Wildman–Crippen MR) is 117 cm³/mol. The Kier molecular flexibility index (Phi) is 2.71. The third kappa shape index (κ3) is 1.39. The molecule has 1 heteroatoms. The molecule has 1 unspecified atom stereocenters. The van der Waals surface area contributed by atoms with Gasteiger partial charge in [-0.25, -0.2) is 0 Å². The molecule has 8 aliphatic rings. The molecule has 2 aliphatic heterocycles. The van der Waals surface area contributed by atoms with Crippen LogP contribution in [0.2, 0.25) is 0 Å². The summed E-state index contributed by atoms with van der Waals surface area (Å²) in [7, 11) is 0. The van der Waals surface area contributed by atoms with Gasteiger partial charge in [0.25, 0.3) is 0 Å². The van der Waals surface area contributed by atoms with Crippen LogP contribution in [0, 0.1) is 34.0 Å². The molecular formula is C28H37N. The minimum atomic E-state index is 0.221. The van der Waals surface area contributed by atoms with E-state index in [2.05, 4.69) is 43.1 Å². The molecule has 0 aromatic carbocycles. The Morgan fingerprint density at radius 3 is 2.66 bits per heavy atom. The van der Waals surface area contributed by atoms with Crippen LogP contribution in [0.5, 0.6) is 0 Å². The van der Waals surface area contributed by atoms with Crippen LogP contribution in [0.15, 0.2) is 35.5 Å². The Morgan fingerprint density at radius 2 is 1.76 bits per heavy atom. The fraction of sp³-hybridized carbons (Fsp3) is 0.786. The SMILES string of the molecule is CC1=C2C[C@@]34CC[C@H]5CCC[C@@H](C=C[C@@]36C=C[C@@H]3CCC[C@@]37CN76)[C@]4(C)[C@@]25CC1. The van der Waals surface area contributed by atoms with Crippen LogP contribution in [-0.2, 0) is 0 Å². The van der Waals surface area contributed by atoms with Crippen LogP contribution >= 0.6 is 0 Å². The van der Waals surface area contributed by atoms with E-state index in [4.69, 9.17) is 0 Å². The molecule has 154 valence electrons. The van der Waals surface area contributed by atoms with Gasteiger partial charge >= 0.3 is 0 Å². The van der Waals surface area contributed by atoms with E-state index in [1.54, 1.807) is 0 Å².